The molecule has 2 aliphatic rings. The van der Waals surface area contributed by atoms with Crippen molar-refractivity contribution in [2.24, 2.45) is 0 Å². The van der Waals surface area contributed by atoms with Crippen molar-refractivity contribution in [3.8, 4) is 11.4 Å². The summed E-state index contributed by atoms with van der Waals surface area (Å²) in [6.45, 7) is 1.81. The van der Waals surface area contributed by atoms with Crippen LogP contribution in [0.4, 0.5) is 0 Å². The van der Waals surface area contributed by atoms with Gasteiger partial charge in [0, 0.05) is 19.2 Å². The molecule has 0 radical (unpaired) electrons. The standard InChI is InChI=1S/C24H25N3O4/c1-30-19-7-8-20-17(15-19)9-14-31-24(20)10-12-26(13-11-24)23(29)21-16-22(28)27(25-21)18-5-3-2-4-6-18/h2-8,15-16,25H,9-14H2,1H3. The number of nitrogens with one attached hydrogen (secondary N) is 1. The minimum Gasteiger partial charge on any atom is -0.497 e. The Kier molecular flexibility index (Phi) is 4.90. The molecule has 1 saturated heterocycles. The molecular formula is C24H25N3O4. The second-order valence-corrected chi connectivity index (χ2v) is 8.09. The van der Waals surface area contributed by atoms with Crippen LogP contribution in [-0.2, 0) is 16.8 Å². The average molecular weight is 419 g/mol. The number of carbonyl (C=O) groups is 1. The topological polar surface area (TPSA) is 76.6 Å². The van der Waals surface area contributed by atoms with Crippen molar-refractivity contribution >= 4 is 5.91 Å². The quantitative estimate of drug-likeness (QED) is 0.708. The van der Waals surface area contributed by atoms with E-state index in [1.54, 1.807) is 12.0 Å². The first-order valence-corrected chi connectivity index (χ1v) is 10.6. The fourth-order valence-corrected chi connectivity index (χ4v) is 4.71. The van der Waals surface area contributed by atoms with E-state index in [-0.39, 0.29) is 17.1 Å². The summed E-state index contributed by atoms with van der Waals surface area (Å²) in [5.74, 6) is 0.697. The molecule has 5 rings (SSSR count). The number of para-hydroxylation sites is 1. The van der Waals surface area contributed by atoms with Crippen molar-refractivity contribution in [2.45, 2.75) is 24.9 Å². The van der Waals surface area contributed by atoms with E-state index in [1.807, 2.05) is 36.4 Å². The van der Waals surface area contributed by atoms with Crippen molar-refractivity contribution in [2.75, 3.05) is 26.8 Å². The number of benzene rings is 2. The lowest BCUT2D eigenvalue weighted by atomic mass is 9.79. The van der Waals surface area contributed by atoms with Crippen LogP contribution in [0.3, 0.4) is 0 Å². The Morgan fingerprint density at radius 1 is 1.10 bits per heavy atom. The molecule has 1 spiro atoms. The van der Waals surface area contributed by atoms with E-state index >= 15 is 0 Å². The molecule has 0 aliphatic carbocycles. The largest absolute Gasteiger partial charge is 0.497 e. The number of amides is 1. The number of nitrogens with zero attached hydrogens (tertiary/aromatic N) is 2. The number of likely N-dealkylation sites (tertiary alicyclic amines) is 1. The third kappa shape index (κ3) is 3.45. The zero-order valence-electron chi connectivity index (χ0n) is 17.5. The van der Waals surface area contributed by atoms with Crippen molar-refractivity contribution in [3.63, 3.8) is 0 Å². The number of hydrogen-bond acceptors (Lipinski definition) is 4. The summed E-state index contributed by atoms with van der Waals surface area (Å²) in [5, 5.41) is 2.96. The zero-order valence-corrected chi connectivity index (χ0v) is 17.5. The minimum atomic E-state index is -0.361. The third-order valence-corrected chi connectivity index (χ3v) is 6.38. The van der Waals surface area contributed by atoms with Gasteiger partial charge >= 0.3 is 0 Å². The molecule has 1 amide bonds. The Bertz CT molecular complexity index is 1160. The van der Waals surface area contributed by atoms with E-state index in [1.165, 1.54) is 21.9 Å². The molecule has 0 unspecified atom stereocenters. The predicted molar refractivity (Wildman–Crippen MR) is 116 cm³/mol. The highest BCUT2D eigenvalue weighted by molar-refractivity contribution is 5.92. The Hall–Kier alpha value is -3.32. The van der Waals surface area contributed by atoms with Gasteiger partial charge in [0.1, 0.15) is 11.4 Å². The molecule has 3 aromatic rings. The second-order valence-electron chi connectivity index (χ2n) is 8.09. The summed E-state index contributed by atoms with van der Waals surface area (Å²) in [5.41, 5.74) is 2.86. The maximum atomic E-state index is 13.1. The van der Waals surface area contributed by atoms with Gasteiger partial charge in [-0.3, -0.25) is 14.7 Å². The Morgan fingerprint density at radius 3 is 2.61 bits per heavy atom. The third-order valence-electron chi connectivity index (χ3n) is 6.38. The van der Waals surface area contributed by atoms with Gasteiger partial charge in [0.05, 0.1) is 25.0 Å². The number of aromatic nitrogens is 2. The van der Waals surface area contributed by atoms with Gasteiger partial charge in [0.15, 0.2) is 0 Å². The van der Waals surface area contributed by atoms with Gasteiger partial charge in [-0.05, 0) is 54.7 Å². The van der Waals surface area contributed by atoms with Crippen molar-refractivity contribution < 1.29 is 14.3 Å². The number of rotatable bonds is 3. The summed E-state index contributed by atoms with van der Waals surface area (Å²) >= 11 is 0. The molecule has 2 aliphatic heterocycles. The number of aromatic amines is 1. The number of piperidine rings is 1. The first-order valence-electron chi connectivity index (χ1n) is 10.6. The highest BCUT2D eigenvalue weighted by Gasteiger charge is 2.42. The molecule has 31 heavy (non-hydrogen) atoms. The molecule has 7 heteroatoms. The lowest BCUT2D eigenvalue weighted by Crippen LogP contribution is -2.48. The molecule has 2 aromatic carbocycles. The van der Waals surface area contributed by atoms with Crippen LogP contribution in [0.25, 0.3) is 5.69 Å². The molecule has 0 atom stereocenters. The Morgan fingerprint density at radius 2 is 1.87 bits per heavy atom. The normalized spacial score (nSPS) is 17.4. The molecule has 0 saturated carbocycles. The van der Waals surface area contributed by atoms with Crippen LogP contribution >= 0.6 is 0 Å². The summed E-state index contributed by atoms with van der Waals surface area (Å²) in [7, 11) is 1.68. The van der Waals surface area contributed by atoms with Gasteiger partial charge in [-0.25, -0.2) is 4.68 Å². The number of hydrogen-bond donors (Lipinski definition) is 1. The van der Waals surface area contributed by atoms with Gasteiger partial charge < -0.3 is 14.4 Å². The van der Waals surface area contributed by atoms with Crippen LogP contribution in [0.1, 0.15) is 34.5 Å². The van der Waals surface area contributed by atoms with E-state index < -0.39 is 0 Å². The lowest BCUT2D eigenvalue weighted by Gasteiger charge is -2.45. The predicted octanol–water partition coefficient (Wildman–Crippen LogP) is 2.88. The van der Waals surface area contributed by atoms with E-state index in [9.17, 15) is 9.59 Å². The number of methoxy groups -OCH3 is 1. The van der Waals surface area contributed by atoms with Crippen LogP contribution in [-0.4, -0.2) is 47.4 Å². The number of fused-ring (bicyclic) bond motifs is 2. The molecule has 7 nitrogen and oxygen atoms in total. The van der Waals surface area contributed by atoms with E-state index in [2.05, 4.69) is 17.2 Å². The molecule has 1 fully saturated rings. The average Bonchev–Trinajstić information content (AvgIpc) is 3.21. The molecule has 1 aromatic heterocycles. The monoisotopic (exact) mass is 419 g/mol. The summed E-state index contributed by atoms with van der Waals surface area (Å²) in [6.07, 6.45) is 2.31. The van der Waals surface area contributed by atoms with Gasteiger partial charge in [-0.2, -0.15) is 0 Å². The van der Waals surface area contributed by atoms with Crippen LogP contribution in [0.5, 0.6) is 5.75 Å². The Balaban J connectivity index is 1.34. The maximum absolute atomic E-state index is 13.1. The number of H-pyrrole nitrogens is 1. The highest BCUT2D eigenvalue weighted by atomic mass is 16.5. The number of carbonyl (C=O) groups excluding carboxylic acids is 1. The molecule has 1 N–H and O–H groups in total. The van der Waals surface area contributed by atoms with Gasteiger partial charge in [0.25, 0.3) is 11.5 Å². The van der Waals surface area contributed by atoms with Crippen LogP contribution < -0.4 is 10.3 Å². The van der Waals surface area contributed by atoms with E-state index in [4.69, 9.17) is 9.47 Å². The molecule has 3 heterocycles. The minimum absolute atomic E-state index is 0.160. The highest BCUT2D eigenvalue weighted by Crippen LogP contribution is 2.42. The van der Waals surface area contributed by atoms with Crippen LogP contribution in [0, 0.1) is 0 Å². The Labute approximate surface area is 180 Å². The van der Waals surface area contributed by atoms with Gasteiger partial charge in [-0.1, -0.05) is 24.3 Å². The molecular weight excluding hydrogens is 394 g/mol. The van der Waals surface area contributed by atoms with Crippen LogP contribution in [0.15, 0.2) is 59.4 Å². The van der Waals surface area contributed by atoms with E-state index in [0.29, 0.717) is 31.1 Å². The maximum Gasteiger partial charge on any atom is 0.271 e. The van der Waals surface area contributed by atoms with Crippen LogP contribution in [0.2, 0.25) is 0 Å². The summed E-state index contributed by atoms with van der Waals surface area (Å²) in [6, 6.07) is 16.8. The van der Waals surface area contributed by atoms with Crippen molar-refractivity contribution in [1.29, 1.82) is 0 Å². The fourth-order valence-electron chi connectivity index (χ4n) is 4.71. The zero-order chi connectivity index (χ0) is 21.4. The molecule has 160 valence electrons. The van der Waals surface area contributed by atoms with Gasteiger partial charge in [-0.15, -0.1) is 0 Å². The van der Waals surface area contributed by atoms with Crippen molar-refractivity contribution in [3.05, 3.63) is 81.8 Å². The summed E-state index contributed by atoms with van der Waals surface area (Å²) in [4.78, 5) is 27.3. The lowest BCUT2D eigenvalue weighted by molar-refractivity contribution is -0.0935. The van der Waals surface area contributed by atoms with E-state index in [0.717, 1.165) is 25.0 Å². The summed E-state index contributed by atoms with van der Waals surface area (Å²) < 4.78 is 13.0. The fraction of sp³-hybridized carbons (Fsp3) is 0.333. The smallest absolute Gasteiger partial charge is 0.271 e. The van der Waals surface area contributed by atoms with Gasteiger partial charge in [0.2, 0.25) is 0 Å². The first-order chi connectivity index (χ1) is 15.1. The molecule has 0 bridgehead atoms. The SMILES string of the molecule is COc1ccc2c(c1)CCOC21CCN(C(=O)c2cc(=O)n(-c3ccccc3)[nH]2)CC1. The first kappa shape index (κ1) is 19.6. The number of ether oxygens (including phenoxy) is 2. The second kappa shape index (κ2) is 7.74. The van der Waals surface area contributed by atoms with Crippen molar-refractivity contribution in [1.82, 2.24) is 14.7 Å².